The molecule has 0 bridgehead atoms. The molecule has 3 nitrogen and oxygen atoms in total. The molecule has 0 heterocycles. The van der Waals surface area contributed by atoms with Gasteiger partial charge in [0.15, 0.2) is 0 Å². The summed E-state index contributed by atoms with van der Waals surface area (Å²) in [6.07, 6.45) is 11.2. The van der Waals surface area contributed by atoms with Gasteiger partial charge in [0.2, 0.25) is 0 Å². The lowest BCUT2D eigenvalue weighted by Gasteiger charge is -2.17. The molecule has 0 spiro atoms. The Hall–Kier alpha value is -0.870. The van der Waals surface area contributed by atoms with E-state index < -0.39 is 10.1 Å². The molecular formula is C18H30O3S. The van der Waals surface area contributed by atoms with Crippen LogP contribution < -0.4 is 0 Å². The minimum atomic E-state index is -4.09. The van der Waals surface area contributed by atoms with Crippen LogP contribution in [-0.4, -0.2) is 13.0 Å². The highest BCUT2D eigenvalue weighted by Crippen LogP contribution is 2.28. The second-order valence-electron chi connectivity index (χ2n) is 6.09. The van der Waals surface area contributed by atoms with Crippen molar-refractivity contribution >= 4 is 10.1 Å². The largest absolute Gasteiger partial charge is 0.294 e. The number of unbranched alkanes of at least 4 members (excludes halogenated alkanes) is 5. The maximum Gasteiger partial charge on any atom is 0.294 e. The molecule has 1 aromatic rings. The average Bonchev–Trinajstić information content (AvgIpc) is 2.49. The van der Waals surface area contributed by atoms with Crippen molar-refractivity contribution in [2.75, 3.05) is 0 Å². The zero-order valence-electron chi connectivity index (χ0n) is 13.9. The molecule has 0 saturated carbocycles. The minimum Gasteiger partial charge on any atom is -0.282 e. The highest BCUT2D eigenvalue weighted by molar-refractivity contribution is 7.85. The van der Waals surface area contributed by atoms with Crippen LogP contribution in [0.2, 0.25) is 0 Å². The molecule has 1 atom stereocenters. The van der Waals surface area contributed by atoms with Crippen LogP contribution in [0, 0.1) is 0 Å². The van der Waals surface area contributed by atoms with Crippen LogP contribution >= 0.6 is 0 Å². The summed E-state index contributed by atoms with van der Waals surface area (Å²) in [4.78, 5) is -0.0222. The molecule has 0 amide bonds. The summed E-state index contributed by atoms with van der Waals surface area (Å²) in [5.74, 6) is 0.492. The molecule has 0 saturated heterocycles. The minimum absolute atomic E-state index is 0.0222. The van der Waals surface area contributed by atoms with Gasteiger partial charge in [-0.25, -0.2) is 0 Å². The quantitative estimate of drug-likeness (QED) is 0.427. The van der Waals surface area contributed by atoms with E-state index in [2.05, 4.69) is 13.8 Å². The Labute approximate surface area is 135 Å². The van der Waals surface area contributed by atoms with Crippen molar-refractivity contribution < 1.29 is 13.0 Å². The van der Waals surface area contributed by atoms with Crippen LogP contribution in [0.3, 0.4) is 0 Å². The third-order valence-electron chi connectivity index (χ3n) is 4.19. The normalized spacial score (nSPS) is 13.2. The van der Waals surface area contributed by atoms with Gasteiger partial charge in [-0.05, 0) is 36.5 Å². The molecule has 0 aliphatic rings. The van der Waals surface area contributed by atoms with E-state index in [4.69, 9.17) is 4.55 Å². The summed E-state index contributed by atoms with van der Waals surface area (Å²) >= 11 is 0. The first-order chi connectivity index (χ1) is 10.5. The van der Waals surface area contributed by atoms with Gasteiger partial charge < -0.3 is 0 Å². The standard InChI is InChI=1S/C18H30O3S/c1-3-5-6-7-8-9-11-16(10-4-2)17-12-14-18(15-13-17)22(19,20)21/h12-16H,3-11H2,1-2H3,(H,19,20,21). The Bertz CT molecular complexity index is 506. The molecule has 1 rings (SSSR count). The second-order valence-corrected chi connectivity index (χ2v) is 7.51. The number of rotatable bonds is 11. The molecule has 0 aliphatic carbocycles. The van der Waals surface area contributed by atoms with E-state index in [1.807, 2.05) is 12.1 Å². The van der Waals surface area contributed by atoms with Crippen molar-refractivity contribution in [1.29, 1.82) is 0 Å². The van der Waals surface area contributed by atoms with E-state index in [-0.39, 0.29) is 4.90 Å². The molecule has 0 fully saturated rings. The zero-order valence-corrected chi connectivity index (χ0v) is 14.7. The van der Waals surface area contributed by atoms with Gasteiger partial charge in [0.1, 0.15) is 0 Å². The lowest BCUT2D eigenvalue weighted by molar-refractivity contribution is 0.483. The Balaban J connectivity index is 2.55. The van der Waals surface area contributed by atoms with Gasteiger partial charge >= 0.3 is 0 Å². The fraction of sp³-hybridized carbons (Fsp3) is 0.667. The first kappa shape index (κ1) is 19.2. The van der Waals surface area contributed by atoms with Gasteiger partial charge in [0.05, 0.1) is 4.90 Å². The topological polar surface area (TPSA) is 54.4 Å². The summed E-state index contributed by atoms with van der Waals surface area (Å²) < 4.78 is 31.2. The Morgan fingerprint density at radius 2 is 1.45 bits per heavy atom. The molecule has 0 aliphatic heterocycles. The first-order valence-corrected chi connectivity index (χ1v) is 10.0. The highest BCUT2D eigenvalue weighted by Gasteiger charge is 2.13. The van der Waals surface area contributed by atoms with Crippen LogP contribution in [-0.2, 0) is 10.1 Å². The van der Waals surface area contributed by atoms with Crippen LogP contribution in [0.4, 0.5) is 0 Å². The summed E-state index contributed by atoms with van der Waals surface area (Å²) in [7, 11) is -4.09. The van der Waals surface area contributed by atoms with Crippen molar-refractivity contribution in [1.82, 2.24) is 0 Å². The number of hydrogen-bond donors (Lipinski definition) is 1. The van der Waals surface area contributed by atoms with Gasteiger partial charge in [0.25, 0.3) is 10.1 Å². The van der Waals surface area contributed by atoms with Crippen molar-refractivity contribution in [2.45, 2.75) is 82.4 Å². The Morgan fingerprint density at radius 3 is 2.00 bits per heavy atom. The summed E-state index contributed by atoms with van der Waals surface area (Å²) in [5, 5.41) is 0. The molecule has 0 aromatic heterocycles. The zero-order chi connectivity index (χ0) is 16.4. The average molecular weight is 327 g/mol. The highest BCUT2D eigenvalue weighted by atomic mass is 32.2. The molecule has 22 heavy (non-hydrogen) atoms. The predicted octanol–water partition coefficient (Wildman–Crippen LogP) is 5.57. The fourth-order valence-corrected chi connectivity index (χ4v) is 3.39. The van der Waals surface area contributed by atoms with Gasteiger partial charge in [-0.1, -0.05) is 70.9 Å². The van der Waals surface area contributed by atoms with Crippen LogP contribution in [0.1, 0.15) is 83.1 Å². The van der Waals surface area contributed by atoms with E-state index in [1.165, 1.54) is 56.2 Å². The first-order valence-electron chi connectivity index (χ1n) is 8.56. The van der Waals surface area contributed by atoms with E-state index in [0.717, 1.165) is 19.3 Å². The Morgan fingerprint density at radius 1 is 0.864 bits per heavy atom. The third-order valence-corrected chi connectivity index (χ3v) is 5.06. The van der Waals surface area contributed by atoms with Crippen molar-refractivity contribution in [2.24, 2.45) is 0 Å². The molecular weight excluding hydrogens is 296 g/mol. The molecule has 1 aromatic carbocycles. The maximum absolute atomic E-state index is 11.1. The smallest absolute Gasteiger partial charge is 0.282 e. The summed E-state index contributed by atoms with van der Waals surface area (Å²) in [5.41, 5.74) is 1.18. The van der Waals surface area contributed by atoms with Crippen LogP contribution in [0.5, 0.6) is 0 Å². The van der Waals surface area contributed by atoms with Gasteiger partial charge in [0, 0.05) is 0 Å². The van der Waals surface area contributed by atoms with E-state index in [1.54, 1.807) is 0 Å². The lowest BCUT2D eigenvalue weighted by Crippen LogP contribution is -2.02. The number of hydrogen-bond acceptors (Lipinski definition) is 2. The van der Waals surface area contributed by atoms with E-state index >= 15 is 0 Å². The lowest BCUT2D eigenvalue weighted by atomic mass is 9.89. The summed E-state index contributed by atoms with van der Waals surface area (Å²) in [6.45, 7) is 4.41. The molecule has 1 unspecified atom stereocenters. The van der Waals surface area contributed by atoms with Gasteiger partial charge in [-0.15, -0.1) is 0 Å². The fourth-order valence-electron chi connectivity index (χ4n) is 2.91. The van der Waals surface area contributed by atoms with Gasteiger partial charge in [-0.2, -0.15) is 8.42 Å². The van der Waals surface area contributed by atoms with Crippen LogP contribution in [0.25, 0.3) is 0 Å². The summed E-state index contributed by atoms with van der Waals surface area (Å²) in [6, 6.07) is 6.71. The maximum atomic E-state index is 11.1. The molecule has 0 radical (unpaired) electrons. The van der Waals surface area contributed by atoms with Gasteiger partial charge in [-0.3, -0.25) is 4.55 Å². The Kier molecular flexibility index (Phi) is 8.72. The third kappa shape index (κ3) is 6.93. The SMILES string of the molecule is CCCCCCCCC(CCC)c1ccc(S(=O)(=O)O)cc1. The van der Waals surface area contributed by atoms with Crippen LogP contribution in [0.15, 0.2) is 29.2 Å². The van der Waals surface area contributed by atoms with Crippen molar-refractivity contribution in [3.63, 3.8) is 0 Å². The monoisotopic (exact) mass is 326 g/mol. The van der Waals surface area contributed by atoms with Crippen molar-refractivity contribution in [3.8, 4) is 0 Å². The van der Waals surface area contributed by atoms with Crippen molar-refractivity contribution in [3.05, 3.63) is 29.8 Å². The molecule has 126 valence electrons. The molecule has 1 N–H and O–H groups in total. The predicted molar refractivity (Wildman–Crippen MR) is 91.9 cm³/mol. The molecule has 4 heteroatoms. The second kappa shape index (κ2) is 10.0. The van der Waals surface area contributed by atoms with E-state index in [0.29, 0.717) is 5.92 Å². The van der Waals surface area contributed by atoms with E-state index in [9.17, 15) is 8.42 Å². The number of benzene rings is 1.